The predicted molar refractivity (Wildman–Crippen MR) is 110 cm³/mol. The van der Waals surface area contributed by atoms with Crippen molar-refractivity contribution in [2.24, 2.45) is 0 Å². The van der Waals surface area contributed by atoms with Crippen LogP contribution in [0.25, 0.3) is 10.9 Å². The van der Waals surface area contributed by atoms with Crippen LogP contribution in [-0.2, 0) is 11.5 Å². The van der Waals surface area contributed by atoms with Gasteiger partial charge in [0.15, 0.2) is 17.4 Å². The van der Waals surface area contributed by atoms with Crippen molar-refractivity contribution in [3.05, 3.63) is 58.5 Å². The van der Waals surface area contributed by atoms with Crippen LogP contribution in [0.5, 0.6) is 11.5 Å². The molecule has 0 radical (unpaired) electrons. The maximum Gasteiger partial charge on any atom is 0.199 e. The van der Waals surface area contributed by atoms with Crippen LogP contribution >= 0.6 is 15.9 Å². The molecular formula is C20H21BrF3NO2Si. The third-order valence-electron chi connectivity index (χ3n) is 4.26. The minimum absolute atomic E-state index is 0.125. The molecule has 0 saturated carbocycles. The van der Waals surface area contributed by atoms with Gasteiger partial charge >= 0.3 is 0 Å². The largest absolute Gasteiger partial charge is 0.451 e. The second-order valence-electron chi connectivity index (χ2n) is 7.75. The van der Waals surface area contributed by atoms with E-state index in [0.717, 1.165) is 12.1 Å². The highest BCUT2D eigenvalue weighted by Gasteiger charge is 2.19. The Hall–Kier alpha value is -1.77. The maximum absolute atomic E-state index is 14.9. The molecule has 0 amide bonds. The van der Waals surface area contributed by atoms with Gasteiger partial charge in [-0.2, -0.15) is 0 Å². The van der Waals surface area contributed by atoms with Gasteiger partial charge in [0.1, 0.15) is 18.3 Å². The number of ether oxygens (including phenoxy) is 2. The molecule has 1 aromatic heterocycles. The van der Waals surface area contributed by atoms with E-state index >= 15 is 0 Å². The van der Waals surface area contributed by atoms with Gasteiger partial charge in [-0.15, -0.1) is 0 Å². The van der Waals surface area contributed by atoms with Crippen molar-refractivity contribution in [1.29, 1.82) is 0 Å². The highest BCUT2D eigenvalue weighted by molar-refractivity contribution is 9.10. The molecular weight excluding hydrogens is 451 g/mol. The van der Waals surface area contributed by atoms with Crippen molar-refractivity contribution in [2.75, 3.05) is 6.61 Å². The average Bonchev–Trinajstić information content (AvgIpc) is 3.00. The van der Waals surface area contributed by atoms with Gasteiger partial charge in [0, 0.05) is 32.3 Å². The Labute approximate surface area is 171 Å². The average molecular weight is 472 g/mol. The van der Waals surface area contributed by atoms with Crippen molar-refractivity contribution >= 4 is 34.9 Å². The van der Waals surface area contributed by atoms with E-state index in [0.29, 0.717) is 12.1 Å². The summed E-state index contributed by atoms with van der Waals surface area (Å²) in [5.41, 5.74) is 0.385. The fraction of sp³-hybridized carbons (Fsp3) is 0.300. The van der Waals surface area contributed by atoms with Gasteiger partial charge in [-0.05, 0) is 46.2 Å². The van der Waals surface area contributed by atoms with Crippen LogP contribution in [0.1, 0.15) is 0 Å². The first-order chi connectivity index (χ1) is 13.2. The van der Waals surface area contributed by atoms with E-state index in [4.69, 9.17) is 9.47 Å². The Morgan fingerprint density at radius 3 is 2.46 bits per heavy atom. The molecule has 150 valence electrons. The Morgan fingerprint density at radius 1 is 1.04 bits per heavy atom. The third-order valence-corrected chi connectivity index (χ3v) is 6.57. The van der Waals surface area contributed by atoms with E-state index in [1.165, 1.54) is 18.2 Å². The molecule has 1 heterocycles. The second kappa shape index (κ2) is 8.30. The van der Waals surface area contributed by atoms with Crippen LogP contribution in [-0.4, -0.2) is 19.2 Å². The SMILES string of the molecule is C[Si](C)(C)CCOCn1ccc2c(F)c(Oc3ccc(F)c(Br)c3)c(F)cc21. The molecule has 0 aliphatic carbocycles. The molecule has 3 nitrogen and oxygen atoms in total. The summed E-state index contributed by atoms with van der Waals surface area (Å²) in [7, 11) is -1.20. The van der Waals surface area contributed by atoms with Gasteiger partial charge in [-0.1, -0.05) is 19.6 Å². The standard InChI is InChI=1S/C20H21BrF3NO2Si/c1-28(2,3)9-8-26-12-25-7-6-14-18(25)11-17(23)20(19(14)24)27-13-4-5-16(22)15(21)10-13/h4-7,10-11H,8-9,12H2,1-3H3. The van der Waals surface area contributed by atoms with Crippen molar-refractivity contribution < 1.29 is 22.6 Å². The molecule has 0 N–H and O–H groups in total. The van der Waals surface area contributed by atoms with Gasteiger partial charge in [0.2, 0.25) is 0 Å². The van der Waals surface area contributed by atoms with E-state index in [-0.39, 0.29) is 22.3 Å². The van der Waals surface area contributed by atoms with E-state index in [1.807, 2.05) is 0 Å². The van der Waals surface area contributed by atoms with Crippen LogP contribution in [0.15, 0.2) is 41.0 Å². The minimum atomic E-state index is -1.20. The van der Waals surface area contributed by atoms with Crippen LogP contribution in [0.2, 0.25) is 25.7 Å². The third kappa shape index (κ3) is 4.79. The summed E-state index contributed by atoms with van der Waals surface area (Å²) in [6, 6.07) is 7.56. The highest BCUT2D eigenvalue weighted by Crippen LogP contribution is 2.34. The summed E-state index contributed by atoms with van der Waals surface area (Å²) >= 11 is 3.02. The number of aromatic nitrogens is 1. The van der Waals surface area contributed by atoms with Gasteiger partial charge < -0.3 is 14.0 Å². The number of rotatable bonds is 7. The number of nitrogens with zero attached hydrogens (tertiary/aromatic N) is 1. The van der Waals surface area contributed by atoms with E-state index < -0.39 is 31.3 Å². The molecule has 0 unspecified atom stereocenters. The van der Waals surface area contributed by atoms with Crippen LogP contribution in [0.4, 0.5) is 13.2 Å². The summed E-state index contributed by atoms with van der Waals surface area (Å²) in [4.78, 5) is 0. The van der Waals surface area contributed by atoms with Crippen molar-refractivity contribution in [1.82, 2.24) is 4.57 Å². The smallest absolute Gasteiger partial charge is 0.199 e. The molecule has 2 aromatic carbocycles. The molecule has 28 heavy (non-hydrogen) atoms. The summed E-state index contributed by atoms with van der Waals surface area (Å²) in [5, 5.41) is 0.228. The lowest BCUT2D eigenvalue weighted by Crippen LogP contribution is -2.21. The second-order valence-corrected chi connectivity index (χ2v) is 14.2. The zero-order valence-electron chi connectivity index (χ0n) is 15.9. The molecule has 3 rings (SSSR count). The normalized spacial score (nSPS) is 12.0. The lowest BCUT2D eigenvalue weighted by atomic mass is 10.2. The summed E-state index contributed by atoms with van der Waals surface area (Å²) in [6.45, 7) is 7.60. The Kier molecular flexibility index (Phi) is 6.21. The number of hydrogen-bond acceptors (Lipinski definition) is 2. The van der Waals surface area contributed by atoms with Gasteiger partial charge in [0.25, 0.3) is 0 Å². The van der Waals surface area contributed by atoms with E-state index in [9.17, 15) is 13.2 Å². The number of fused-ring (bicyclic) bond motifs is 1. The summed E-state index contributed by atoms with van der Waals surface area (Å²) in [5.74, 6) is -2.54. The predicted octanol–water partition coefficient (Wildman–Crippen LogP) is 6.93. The quantitative estimate of drug-likeness (QED) is 0.275. The van der Waals surface area contributed by atoms with Gasteiger partial charge in [-0.25, -0.2) is 13.2 Å². The van der Waals surface area contributed by atoms with Crippen molar-refractivity contribution in [3.63, 3.8) is 0 Å². The maximum atomic E-state index is 14.9. The highest BCUT2D eigenvalue weighted by atomic mass is 79.9. The fourth-order valence-corrected chi connectivity index (χ4v) is 3.76. The lowest BCUT2D eigenvalue weighted by molar-refractivity contribution is 0.0902. The first-order valence-electron chi connectivity index (χ1n) is 8.83. The molecule has 0 atom stereocenters. The number of benzene rings is 2. The van der Waals surface area contributed by atoms with E-state index in [1.54, 1.807) is 16.8 Å². The summed E-state index contributed by atoms with van der Waals surface area (Å²) in [6.07, 6.45) is 1.65. The molecule has 0 aliphatic rings. The Balaban J connectivity index is 1.82. The minimum Gasteiger partial charge on any atom is -0.451 e. The molecule has 0 aliphatic heterocycles. The molecule has 0 spiro atoms. The molecule has 8 heteroatoms. The van der Waals surface area contributed by atoms with Crippen LogP contribution in [0, 0.1) is 17.5 Å². The molecule has 0 bridgehead atoms. The topological polar surface area (TPSA) is 23.4 Å². The Bertz CT molecular complexity index is 1000. The first kappa shape index (κ1) is 20.9. The fourth-order valence-electron chi connectivity index (χ4n) is 2.65. The number of halogens is 4. The molecule has 3 aromatic rings. The van der Waals surface area contributed by atoms with Crippen molar-refractivity contribution in [2.45, 2.75) is 32.4 Å². The lowest BCUT2D eigenvalue weighted by Gasteiger charge is -2.16. The zero-order valence-corrected chi connectivity index (χ0v) is 18.4. The summed E-state index contributed by atoms with van der Waals surface area (Å²) < 4.78 is 55.6. The molecule has 0 fully saturated rings. The van der Waals surface area contributed by atoms with Crippen LogP contribution in [0.3, 0.4) is 0 Å². The zero-order chi connectivity index (χ0) is 20.5. The van der Waals surface area contributed by atoms with Gasteiger partial charge in [-0.3, -0.25) is 0 Å². The Morgan fingerprint density at radius 2 is 1.79 bits per heavy atom. The van der Waals surface area contributed by atoms with Gasteiger partial charge in [0.05, 0.1) is 9.99 Å². The first-order valence-corrected chi connectivity index (χ1v) is 13.3. The number of hydrogen-bond donors (Lipinski definition) is 0. The molecule has 0 saturated heterocycles. The van der Waals surface area contributed by atoms with Crippen LogP contribution < -0.4 is 4.74 Å². The van der Waals surface area contributed by atoms with Crippen molar-refractivity contribution in [3.8, 4) is 11.5 Å². The monoisotopic (exact) mass is 471 g/mol. The van der Waals surface area contributed by atoms with E-state index in [2.05, 4.69) is 35.6 Å².